The number of hydrogen-bond donors (Lipinski definition) is 0. The lowest BCUT2D eigenvalue weighted by atomic mass is 10.1. The molecule has 1 rings (SSSR count). The van der Waals surface area contributed by atoms with E-state index in [2.05, 4.69) is 15.9 Å². The highest BCUT2D eigenvalue weighted by atomic mass is 79.9. The zero-order valence-corrected chi connectivity index (χ0v) is 11.3. The molecular formula is C12H10BrN3O2. The summed E-state index contributed by atoms with van der Waals surface area (Å²) in [6.07, 6.45) is 0. The number of ether oxygens (including phenoxy) is 1. The molecule has 0 aliphatic carbocycles. The molecule has 5 nitrogen and oxygen atoms in total. The predicted molar refractivity (Wildman–Crippen MR) is 67.8 cm³/mol. The molecule has 0 heterocycles. The highest BCUT2D eigenvalue weighted by Gasteiger charge is 2.19. The molecule has 0 saturated carbocycles. The van der Waals surface area contributed by atoms with Crippen LogP contribution in [-0.2, 0) is 0 Å². The molecule has 1 aromatic carbocycles. The molecule has 0 aliphatic heterocycles. The highest BCUT2D eigenvalue weighted by Crippen LogP contribution is 2.24. The topological polar surface area (TPSA) is 77.1 Å². The van der Waals surface area contributed by atoms with Gasteiger partial charge in [-0.05, 0) is 18.2 Å². The van der Waals surface area contributed by atoms with Crippen LogP contribution in [-0.4, -0.2) is 31.0 Å². The second kappa shape index (κ2) is 6.63. The molecule has 1 amide bonds. The maximum absolute atomic E-state index is 12.1. The Morgan fingerprint density at radius 3 is 2.50 bits per heavy atom. The van der Waals surface area contributed by atoms with E-state index in [9.17, 15) is 4.79 Å². The average Bonchev–Trinajstić information content (AvgIpc) is 2.37. The van der Waals surface area contributed by atoms with Gasteiger partial charge in [-0.2, -0.15) is 10.5 Å². The van der Waals surface area contributed by atoms with Gasteiger partial charge in [-0.3, -0.25) is 4.79 Å². The van der Waals surface area contributed by atoms with Crippen molar-refractivity contribution < 1.29 is 9.53 Å². The average molecular weight is 308 g/mol. The van der Waals surface area contributed by atoms with E-state index in [-0.39, 0.29) is 13.1 Å². The Bertz CT molecular complexity index is 515. The van der Waals surface area contributed by atoms with Crippen LogP contribution in [0.1, 0.15) is 10.4 Å². The Morgan fingerprint density at radius 2 is 2.00 bits per heavy atom. The van der Waals surface area contributed by atoms with Gasteiger partial charge in [0.25, 0.3) is 5.91 Å². The molecule has 0 radical (unpaired) electrons. The minimum atomic E-state index is -0.401. The smallest absolute Gasteiger partial charge is 0.259 e. The number of hydrogen-bond acceptors (Lipinski definition) is 4. The normalized spacial score (nSPS) is 9.11. The minimum Gasteiger partial charge on any atom is -0.496 e. The molecule has 92 valence electrons. The summed E-state index contributed by atoms with van der Waals surface area (Å²) < 4.78 is 5.89. The summed E-state index contributed by atoms with van der Waals surface area (Å²) >= 11 is 3.28. The zero-order chi connectivity index (χ0) is 13.5. The van der Waals surface area contributed by atoms with Gasteiger partial charge in [0, 0.05) is 4.47 Å². The molecule has 6 heteroatoms. The number of rotatable bonds is 4. The second-order valence-corrected chi connectivity index (χ2v) is 4.24. The Hall–Kier alpha value is -2.05. The molecule has 1 aromatic rings. The number of carbonyl (C=O) groups is 1. The molecule has 0 fully saturated rings. The molecule has 0 spiro atoms. The van der Waals surface area contributed by atoms with Crippen molar-refractivity contribution in [2.45, 2.75) is 0 Å². The standard InChI is InChI=1S/C12H10BrN3O2/c1-18-11-8-9(13)2-3-10(11)12(17)16(6-4-14)7-5-15/h2-3,8H,6-7H2,1H3. The summed E-state index contributed by atoms with van der Waals surface area (Å²) in [5, 5.41) is 17.3. The van der Waals surface area contributed by atoms with Gasteiger partial charge in [0.2, 0.25) is 0 Å². The van der Waals surface area contributed by atoms with E-state index in [1.807, 2.05) is 12.1 Å². The second-order valence-electron chi connectivity index (χ2n) is 3.32. The van der Waals surface area contributed by atoms with Crippen LogP contribution in [0.3, 0.4) is 0 Å². The fraction of sp³-hybridized carbons (Fsp3) is 0.250. The summed E-state index contributed by atoms with van der Waals surface area (Å²) in [4.78, 5) is 13.3. The first-order chi connectivity index (χ1) is 8.63. The van der Waals surface area contributed by atoms with Crippen molar-refractivity contribution in [3.63, 3.8) is 0 Å². The Morgan fingerprint density at radius 1 is 1.39 bits per heavy atom. The third-order valence-electron chi connectivity index (χ3n) is 2.20. The Labute approximate surface area is 113 Å². The lowest BCUT2D eigenvalue weighted by molar-refractivity contribution is 0.0791. The van der Waals surface area contributed by atoms with Crippen molar-refractivity contribution in [3.05, 3.63) is 28.2 Å². The number of benzene rings is 1. The maximum atomic E-state index is 12.1. The highest BCUT2D eigenvalue weighted by molar-refractivity contribution is 9.10. The molecule has 0 atom stereocenters. The number of nitrogens with zero attached hydrogens (tertiary/aromatic N) is 3. The summed E-state index contributed by atoms with van der Waals surface area (Å²) in [6, 6.07) is 8.66. The molecule has 0 saturated heterocycles. The molecule has 0 unspecified atom stereocenters. The van der Waals surface area contributed by atoms with Gasteiger partial charge in [-0.25, -0.2) is 0 Å². The lowest BCUT2D eigenvalue weighted by Crippen LogP contribution is -2.32. The third kappa shape index (κ3) is 3.22. The largest absolute Gasteiger partial charge is 0.496 e. The summed E-state index contributed by atoms with van der Waals surface area (Å²) in [7, 11) is 1.46. The van der Waals surface area contributed by atoms with E-state index in [4.69, 9.17) is 15.3 Å². The van der Waals surface area contributed by atoms with Crippen LogP contribution in [0.25, 0.3) is 0 Å². The van der Waals surface area contributed by atoms with Gasteiger partial charge in [-0.15, -0.1) is 0 Å². The number of amides is 1. The van der Waals surface area contributed by atoms with Gasteiger partial charge < -0.3 is 9.64 Å². The first-order valence-corrected chi connectivity index (χ1v) is 5.80. The van der Waals surface area contributed by atoms with E-state index in [0.29, 0.717) is 11.3 Å². The first-order valence-electron chi connectivity index (χ1n) is 5.00. The molecule has 0 bridgehead atoms. The van der Waals surface area contributed by atoms with E-state index in [0.717, 1.165) is 9.37 Å². The maximum Gasteiger partial charge on any atom is 0.259 e. The first kappa shape index (κ1) is 14.0. The monoisotopic (exact) mass is 307 g/mol. The Kier molecular flexibility index (Phi) is 5.16. The molecule has 0 N–H and O–H groups in total. The third-order valence-corrected chi connectivity index (χ3v) is 2.70. The zero-order valence-electron chi connectivity index (χ0n) is 9.68. The fourth-order valence-electron chi connectivity index (χ4n) is 1.38. The van der Waals surface area contributed by atoms with Gasteiger partial charge in [0.1, 0.15) is 18.8 Å². The predicted octanol–water partition coefficient (Wildman–Crippen LogP) is 1.95. The minimum absolute atomic E-state index is 0.133. The number of methoxy groups -OCH3 is 1. The van der Waals surface area contributed by atoms with Crippen LogP contribution in [0.4, 0.5) is 0 Å². The van der Waals surface area contributed by atoms with Crippen LogP contribution in [0.15, 0.2) is 22.7 Å². The number of halogens is 1. The van der Waals surface area contributed by atoms with E-state index >= 15 is 0 Å². The van der Waals surface area contributed by atoms with Gasteiger partial charge in [-0.1, -0.05) is 15.9 Å². The number of carbonyl (C=O) groups excluding carboxylic acids is 1. The molecule has 0 aliphatic rings. The van der Waals surface area contributed by atoms with Crippen molar-refractivity contribution in [1.29, 1.82) is 10.5 Å². The van der Waals surface area contributed by atoms with E-state index < -0.39 is 5.91 Å². The van der Waals surface area contributed by atoms with Gasteiger partial charge in [0.15, 0.2) is 0 Å². The van der Waals surface area contributed by atoms with Crippen LogP contribution >= 0.6 is 15.9 Å². The fourth-order valence-corrected chi connectivity index (χ4v) is 1.72. The van der Waals surface area contributed by atoms with Crippen molar-refractivity contribution in [1.82, 2.24) is 4.90 Å². The van der Waals surface area contributed by atoms with Gasteiger partial charge in [0.05, 0.1) is 24.8 Å². The molecular weight excluding hydrogens is 298 g/mol. The van der Waals surface area contributed by atoms with Crippen molar-refractivity contribution in [3.8, 4) is 17.9 Å². The van der Waals surface area contributed by atoms with Gasteiger partial charge >= 0.3 is 0 Å². The lowest BCUT2D eigenvalue weighted by Gasteiger charge is -2.17. The summed E-state index contributed by atoms with van der Waals surface area (Å²) in [5.41, 5.74) is 0.325. The van der Waals surface area contributed by atoms with Crippen LogP contribution < -0.4 is 4.74 Å². The van der Waals surface area contributed by atoms with Crippen LogP contribution in [0.5, 0.6) is 5.75 Å². The molecule has 0 aromatic heterocycles. The SMILES string of the molecule is COc1cc(Br)ccc1C(=O)N(CC#N)CC#N. The van der Waals surface area contributed by atoms with E-state index in [1.54, 1.807) is 18.2 Å². The van der Waals surface area contributed by atoms with Crippen LogP contribution in [0, 0.1) is 22.7 Å². The summed E-state index contributed by atoms with van der Waals surface area (Å²) in [6.45, 7) is -0.267. The Balaban J connectivity index is 3.09. The number of nitriles is 2. The van der Waals surface area contributed by atoms with Crippen molar-refractivity contribution >= 4 is 21.8 Å². The quantitative estimate of drug-likeness (QED) is 0.797. The van der Waals surface area contributed by atoms with Crippen molar-refractivity contribution in [2.75, 3.05) is 20.2 Å². The molecule has 18 heavy (non-hydrogen) atoms. The van der Waals surface area contributed by atoms with Crippen LogP contribution in [0.2, 0.25) is 0 Å². The van der Waals surface area contributed by atoms with E-state index in [1.165, 1.54) is 7.11 Å². The summed E-state index contributed by atoms with van der Waals surface area (Å²) in [5.74, 6) is -0.00213. The van der Waals surface area contributed by atoms with Crippen molar-refractivity contribution in [2.24, 2.45) is 0 Å².